The Morgan fingerprint density at radius 2 is 1.85 bits per heavy atom. The number of phenols is 1. The predicted molar refractivity (Wildman–Crippen MR) is 109 cm³/mol. The van der Waals surface area contributed by atoms with Crippen LogP contribution in [-0.4, -0.2) is 16.3 Å². The van der Waals surface area contributed by atoms with Gasteiger partial charge in [0.25, 0.3) is 0 Å². The molecule has 0 bridgehead atoms. The lowest BCUT2D eigenvalue weighted by molar-refractivity contribution is 0.475. The predicted octanol–water partition coefficient (Wildman–Crippen LogP) is 5.42. The van der Waals surface area contributed by atoms with Crippen LogP contribution in [0.3, 0.4) is 0 Å². The third-order valence-electron chi connectivity index (χ3n) is 4.15. The molecule has 0 radical (unpaired) electrons. The molecule has 0 saturated heterocycles. The second-order valence-corrected chi connectivity index (χ2v) is 6.85. The minimum Gasteiger partial charge on any atom is -0.507 e. The highest BCUT2D eigenvalue weighted by molar-refractivity contribution is 7.14. The third kappa shape index (κ3) is 3.30. The quantitative estimate of drug-likeness (QED) is 0.378. The maximum atomic E-state index is 10.1. The maximum absolute atomic E-state index is 10.1. The van der Waals surface area contributed by atoms with Gasteiger partial charge < -0.3 is 5.11 Å². The zero-order valence-corrected chi connectivity index (χ0v) is 15.0. The summed E-state index contributed by atoms with van der Waals surface area (Å²) in [7, 11) is 0. The summed E-state index contributed by atoms with van der Waals surface area (Å²) in [5, 5.41) is 19.1. The van der Waals surface area contributed by atoms with E-state index in [4.69, 9.17) is 0 Å². The Balaban J connectivity index is 1.55. The van der Waals surface area contributed by atoms with Crippen molar-refractivity contribution in [1.82, 2.24) is 4.98 Å². The molecule has 0 fully saturated rings. The number of anilines is 1. The van der Waals surface area contributed by atoms with E-state index in [9.17, 15) is 5.11 Å². The second kappa shape index (κ2) is 6.98. The van der Waals surface area contributed by atoms with E-state index in [0.29, 0.717) is 10.7 Å². The minimum absolute atomic E-state index is 0.203. The molecule has 1 aromatic heterocycles. The summed E-state index contributed by atoms with van der Waals surface area (Å²) in [6.45, 7) is 2.06. The first-order chi connectivity index (χ1) is 12.7. The fourth-order valence-electron chi connectivity index (χ4n) is 2.75. The van der Waals surface area contributed by atoms with Gasteiger partial charge in [-0.05, 0) is 23.8 Å². The molecule has 0 spiro atoms. The first-order valence-electron chi connectivity index (χ1n) is 8.23. The summed E-state index contributed by atoms with van der Waals surface area (Å²) >= 11 is 1.49. The van der Waals surface area contributed by atoms with E-state index in [1.54, 1.807) is 12.3 Å². The lowest BCUT2D eigenvalue weighted by atomic mass is 10.0. The molecule has 4 nitrogen and oxygen atoms in total. The van der Waals surface area contributed by atoms with Crippen molar-refractivity contribution in [2.45, 2.75) is 6.92 Å². The molecule has 128 valence electrons. The van der Waals surface area contributed by atoms with Crippen molar-refractivity contribution < 1.29 is 5.11 Å². The lowest BCUT2D eigenvalue weighted by Crippen LogP contribution is -1.92. The molecule has 26 heavy (non-hydrogen) atoms. The number of fused-ring (bicyclic) bond motifs is 1. The first-order valence-corrected chi connectivity index (χ1v) is 9.11. The van der Waals surface area contributed by atoms with Gasteiger partial charge in [-0.2, -0.15) is 5.10 Å². The molecule has 0 aliphatic carbocycles. The van der Waals surface area contributed by atoms with Gasteiger partial charge in [-0.25, -0.2) is 4.98 Å². The number of hydrazone groups is 1. The zero-order valence-electron chi connectivity index (χ0n) is 14.2. The van der Waals surface area contributed by atoms with Gasteiger partial charge in [0.1, 0.15) is 5.75 Å². The van der Waals surface area contributed by atoms with Crippen molar-refractivity contribution in [1.29, 1.82) is 0 Å². The Kier molecular flexibility index (Phi) is 4.37. The van der Waals surface area contributed by atoms with Crippen LogP contribution in [0.1, 0.15) is 11.1 Å². The van der Waals surface area contributed by atoms with E-state index >= 15 is 0 Å². The van der Waals surface area contributed by atoms with Crippen LogP contribution < -0.4 is 5.43 Å². The van der Waals surface area contributed by atoms with Gasteiger partial charge in [-0.1, -0.05) is 60.2 Å². The summed E-state index contributed by atoms with van der Waals surface area (Å²) in [6.07, 6.45) is 1.63. The highest BCUT2D eigenvalue weighted by Crippen LogP contribution is 2.27. The number of aromatic hydroxyl groups is 1. The number of hydrogen-bond acceptors (Lipinski definition) is 5. The maximum Gasteiger partial charge on any atom is 0.203 e. The number of nitrogens with one attached hydrogen (secondary N) is 1. The molecule has 0 amide bonds. The number of thiazole rings is 1. The molecule has 3 aromatic carbocycles. The Morgan fingerprint density at radius 1 is 1.04 bits per heavy atom. The van der Waals surface area contributed by atoms with E-state index in [1.165, 1.54) is 16.9 Å². The number of benzene rings is 3. The third-order valence-corrected chi connectivity index (χ3v) is 4.90. The lowest BCUT2D eigenvalue weighted by Gasteiger charge is -2.04. The summed E-state index contributed by atoms with van der Waals surface area (Å²) in [5.74, 6) is 0.203. The SMILES string of the molecule is Cc1ccc(-c2csc(N/N=C\c3c(O)ccc4ccccc34)n2)cc1. The molecule has 4 aromatic rings. The van der Waals surface area contributed by atoms with Crippen LogP contribution in [-0.2, 0) is 0 Å². The van der Waals surface area contributed by atoms with E-state index < -0.39 is 0 Å². The molecule has 5 heteroatoms. The van der Waals surface area contributed by atoms with Crippen molar-refractivity contribution in [3.63, 3.8) is 0 Å². The fraction of sp³-hybridized carbons (Fsp3) is 0.0476. The van der Waals surface area contributed by atoms with Gasteiger partial charge >= 0.3 is 0 Å². The number of phenolic OH excluding ortho intramolecular Hbond substituents is 1. The van der Waals surface area contributed by atoms with E-state index in [1.807, 2.05) is 35.7 Å². The van der Waals surface area contributed by atoms with Gasteiger partial charge in [0.15, 0.2) is 0 Å². The fourth-order valence-corrected chi connectivity index (χ4v) is 3.42. The van der Waals surface area contributed by atoms with E-state index in [-0.39, 0.29) is 5.75 Å². The number of aromatic nitrogens is 1. The number of aryl methyl sites for hydroxylation is 1. The minimum atomic E-state index is 0.203. The van der Waals surface area contributed by atoms with Crippen molar-refractivity contribution in [3.05, 3.63) is 77.2 Å². The largest absolute Gasteiger partial charge is 0.507 e. The first kappa shape index (κ1) is 16.3. The van der Waals surface area contributed by atoms with Crippen molar-refractivity contribution in [2.75, 3.05) is 5.43 Å². The number of hydrogen-bond donors (Lipinski definition) is 2. The van der Waals surface area contributed by atoms with Gasteiger partial charge in [0.2, 0.25) is 5.13 Å². The topological polar surface area (TPSA) is 57.5 Å². The number of nitrogens with zero attached hydrogens (tertiary/aromatic N) is 2. The molecule has 1 heterocycles. The molecule has 0 aliphatic heterocycles. The molecular formula is C21H17N3OS. The standard InChI is InChI=1S/C21H17N3OS/c1-14-6-8-16(9-7-14)19-13-26-21(23-19)24-22-12-18-17-5-3-2-4-15(17)10-11-20(18)25/h2-13,25H,1H3,(H,23,24)/b22-12-. The smallest absolute Gasteiger partial charge is 0.203 e. The Morgan fingerprint density at radius 3 is 2.69 bits per heavy atom. The normalized spacial score (nSPS) is 11.3. The Bertz CT molecular complexity index is 1080. The highest BCUT2D eigenvalue weighted by atomic mass is 32.1. The molecule has 0 atom stereocenters. The monoisotopic (exact) mass is 359 g/mol. The average Bonchev–Trinajstić information content (AvgIpc) is 3.13. The zero-order chi connectivity index (χ0) is 17.9. The average molecular weight is 359 g/mol. The molecule has 2 N–H and O–H groups in total. The molecule has 0 aliphatic rings. The summed E-state index contributed by atoms with van der Waals surface area (Å²) in [4.78, 5) is 4.56. The van der Waals surface area contributed by atoms with Crippen LogP contribution in [0.5, 0.6) is 5.75 Å². The van der Waals surface area contributed by atoms with E-state index in [0.717, 1.165) is 22.0 Å². The van der Waals surface area contributed by atoms with Crippen molar-refractivity contribution >= 4 is 33.5 Å². The Hall–Kier alpha value is -3.18. The second-order valence-electron chi connectivity index (χ2n) is 5.99. The molecule has 0 unspecified atom stereocenters. The Labute approximate surface area is 155 Å². The highest BCUT2D eigenvalue weighted by Gasteiger charge is 2.06. The van der Waals surface area contributed by atoms with Gasteiger partial charge in [-0.15, -0.1) is 11.3 Å². The van der Waals surface area contributed by atoms with Gasteiger partial charge in [-0.3, -0.25) is 5.43 Å². The van der Waals surface area contributed by atoms with Crippen LogP contribution in [0.2, 0.25) is 0 Å². The number of rotatable bonds is 4. The van der Waals surface area contributed by atoms with Crippen LogP contribution in [0, 0.1) is 6.92 Å². The summed E-state index contributed by atoms with van der Waals surface area (Å²) in [5.41, 5.74) is 6.86. The van der Waals surface area contributed by atoms with E-state index in [2.05, 4.69) is 46.7 Å². The van der Waals surface area contributed by atoms with Crippen LogP contribution in [0.4, 0.5) is 5.13 Å². The molecule has 0 saturated carbocycles. The molecule has 4 rings (SSSR count). The summed E-state index contributed by atoms with van der Waals surface area (Å²) in [6, 6.07) is 19.7. The molecular weight excluding hydrogens is 342 g/mol. The van der Waals surface area contributed by atoms with Crippen molar-refractivity contribution in [2.24, 2.45) is 5.10 Å². The van der Waals surface area contributed by atoms with Gasteiger partial charge in [0, 0.05) is 16.5 Å². The van der Waals surface area contributed by atoms with Crippen LogP contribution >= 0.6 is 11.3 Å². The van der Waals surface area contributed by atoms with Gasteiger partial charge in [0.05, 0.1) is 11.9 Å². The van der Waals surface area contributed by atoms with Crippen LogP contribution in [0.15, 0.2) is 71.1 Å². The summed E-state index contributed by atoms with van der Waals surface area (Å²) < 4.78 is 0. The van der Waals surface area contributed by atoms with Crippen LogP contribution in [0.25, 0.3) is 22.0 Å². The van der Waals surface area contributed by atoms with Crippen molar-refractivity contribution in [3.8, 4) is 17.0 Å².